The number of hydrogen-bond donors (Lipinski definition) is 1. The molecular weight excluding hydrogens is 396 g/mol. The lowest BCUT2D eigenvalue weighted by molar-refractivity contribution is -0.385. The largest absolute Gasteiger partial charge is 0.385 e. The molecule has 2 aliphatic heterocycles. The van der Waals surface area contributed by atoms with E-state index in [0.717, 1.165) is 11.1 Å². The van der Waals surface area contributed by atoms with Crippen LogP contribution in [0.4, 0.5) is 0 Å². The third kappa shape index (κ3) is 4.85. The number of rotatable bonds is 5. The van der Waals surface area contributed by atoms with E-state index in [0.29, 0.717) is 6.61 Å². The van der Waals surface area contributed by atoms with Crippen LogP contribution in [0.1, 0.15) is 42.2 Å². The first-order valence-electron chi connectivity index (χ1n) is 10.7. The maximum Gasteiger partial charge on any atom is 0.186 e. The normalized spacial score (nSPS) is 30.2. The number of fused-ring (bicyclic) bond motifs is 1. The Morgan fingerprint density at radius 1 is 0.968 bits per heavy atom. The Kier molecular flexibility index (Phi) is 6.49. The highest BCUT2D eigenvalue weighted by molar-refractivity contribution is 5.33. The van der Waals surface area contributed by atoms with Crippen LogP contribution in [0, 0.1) is 13.8 Å². The molecule has 0 saturated carbocycles. The minimum atomic E-state index is -1.02. The van der Waals surface area contributed by atoms with Gasteiger partial charge in [-0.15, -0.1) is 0 Å². The lowest BCUT2D eigenvalue weighted by Crippen LogP contribution is -2.65. The van der Waals surface area contributed by atoms with E-state index in [1.54, 1.807) is 0 Å². The van der Waals surface area contributed by atoms with Gasteiger partial charge in [-0.25, -0.2) is 0 Å². The van der Waals surface area contributed by atoms with Crippen LogP contribution >= 0.6 is 0 Å². The van der Waals surface area contributed by atoms with Gasteiger partial charge in [-0.3, -0.25) is 0 Å². The van der Waals surface area contributed by atoms with Crippen molar-refractivity contribution >= 4 is 0 Å². The summed E-state index contributed by atoms with van der Waals surface area (Å²) in [6.45, 7) is 8.15. The van der Waals surface area contributed by atoms with Gasteiger partial charge in [0, 0.05) is 7.11 Å². The predicted molar refractivity (Wildman–Crippen MR) is 116 cm³/mol. The van der Waals surface area contributed by atoms with Crippen molar-refractivity contribution in [1.82, 2.24) is 0 Å². The summed E-state index contributed by atoms with van der Waals surface area (Å²) in [4.78, 5) is 0. The van der Waals surface area contributed by atoms with Crippen LogP contribution in [0.15, 0.2) is 48.5 Å². The zero-order valence-electron chi connectivity index (χ0n) is 18.8. The Morgan fingerprint density at radius 2 is 1.52 bits per heavy atom. The van der Waals surface area contributed by atoms with Gasteiger partial charge in [-0.2, -0.15) is 0 Å². The van der Waals surface area contributed by atoms with Gasteiger partial charge in [0.1, 0.15) is 30.5 Å². The van der Waals surface area contributed by atoms with Crippen molar-refractivity contribution in [2.24, 2.45) is 0 Å². The smallest absolute Gasteiger partial charge is 0.186 e. The lowest BCUT2D eigenvalue weighted by atomic mass is 9.95. The fourth-order valence-electron chi connectivity index (χ4n) is 4.15. The van der Waals surface area contributed by atoms with Crippen molar-refractivity contribution < 1.29 is 28.8 Å². The standard InChI is InChI=1S/C25H32O6/c1-15-6-10-17(11-7-15)21(18-12-8-16(2)9-13-18)30-23-20(26)24(27-5)29-19-14-28-25(3,4)31-22(19)23/h6-13,19-24,26H,14H2,1-5H3/t19-,20+,22-,23-,24+/m1/s1. The molecule has 4 rings (SSSR count). The number of ether oxygens (including phenoxy) is 5. The molecule has 0 aliphatic carbocycles. The van der Waals surface area contributed by atoms with Gasteiger partial charge in [-0.05, 0) is 38.8 Å². The van der Waals surface area contributed by atoms with Crippen LogP contribution in [0.2, 0.25) is 0 Å². The molecule has 2 fully saturated rings. The number of aryl methyl sites for hydroxylation is 2. The van der Waals surface area contributed by atoms with Crippen molar-refractivity contribution in [3.63, 3.8) is 0 Å². The van der Waals surface area contributed by atoms with Crippen LogP contribution in [0.3, 0.4) is 0 Å². The summed E-state index contributed by atoms with van der Waals surface area (Å²) < 4.78 is 29.9. The number of aliphatic hydroxyl groups excluding tert-OH is 1. The van der Waals surface area contributed by atoms with Gasteiger partial charge in [0.25, 0.3) is 0 Å². The molecule has 6 nitrogen and oxygen atoms in total. The molecule has 0 spiro atoms. The van der Waals surface area contributed by atoms with Crippen molar-refractivity contribution in [2.75, 3.05) is 13.7 Å². The number of aliphatic hydroxyl groups is 1. The summed E-state index contributed by atoms with van der Waals surface area (Å²) in [6, 6.07) is 16.5. The zero-order valence-corrected chi connectivity index (χ0v) is 18.8. The van der Waals surface area contributed by atoms with Crippen molar-refractivity contribution in [3.05, 3.63) is 70.8 Å². The second-order valence-electron chi connectivity index (χ2n) is 8.86. The van der Waals surface area contributed by atoms with Crippen LogP contribution in [-0.2, 0) is 23.7 Å². The second kappa shape index (κ2) is 8.98. The third-order valence-electron chi connectivity index (χ3n) is 5.92. The molecule has 2 aromatic rings. The molecule has 0 amide bonds. The Morgan fingerprint density at radius 3 is 2.03 bits per heavy atom. The summed E-state index contributed by atoms with van der Waals surface area (Å²) in [5, 5.41) is 11.1. The van der Waals surface area contributed by atoms with Crippen LogP contribution in [-0.4, -0.2) is 55.3 Å². The highest BCUT2D eigenvalue weighted by Crippen LogP contribution is 2.38. The number of methoxy groups -OCH3 is 1. The van der Waals surface area contributed by atoms with Gasteiger partial charge in [0.05, 0.1) is 6.61 Å². The molecule has 2 aliphatic rings. The minimum Gasteiger partial charge on any atom is -0.385 e. The maximum atomic E-state index is 11.1. The number of benzene rings is 2. The highest BCUT2D eigenvalue weighted by Gasteiger charge is 2.52. The SMILES string of the molecule is CO[C@H]1O[C@@H]2COC(C)(C)O[C@H]2[C@H](OC(c2ccc(C)cc2)c2ccc(C)cc2)[C@@H]1O. The van der Waals surface area contributed by atoms with Crippen molar-refractivity contribution in [1.29, 1.82) is 0 Å². The average molecular weight is 429 g/mol. The van der Waals surface area contributed by atoms with E-state index in [1.165, 1.54) is 18.2 Å². The summed E-state index contributed by atoms with van der Waals surface area (Å²) in [7, 11) is 1.51. The second-order valence-corrected chi connectivity index (χ2v) is 8.86. The molecule has 0 unspecified atom stereocenters. The molecule has 168 valence electrons. The first kappa shape index (κ1) is 22.4. The van der Waals surface area contributed by atoms with Gasteiger partial charge < -0.3 is 28.8 Å². The Hall–Kier alpha value is -1.80. The molecule has 31 heavy (non-hydrogen) atoms. The lowest BCUT2D eigenvalue weighted by Gasteiger charge is -2.50. The molecule has 2 saturated heterocycles. The van der Waals surface area contributed by atoms with Crippen molar-refractivity contribution in [2.45, 2.75) is 70.3 Å². The monoisotopic (exact) mass is 428 g/mol. The minimum absolute atomic E-state index is 0.337. The van der Waals surface area contributed by atoms with Crippen LogP contribution < -0.4 is 0 Å². The van der Waals surface area contributed by atoms with Crippen LogP contribution in [0.5, 0.6) is 0 Å². The van der Waals surface area contributed by atoms with Gasteiger partial charge in [0.2, 0.25) is 0 Å². The topological polar surface area (TPSA) is 66.4 Å². The van der Waals surface area contributed by atoms with Gasteiger partial charge in [0.15, 0.2) is 12.1 Å². The third-order valence-corrected chi connectivity index (χ3v) is 5.92. The van der Waals surface area contributed by atoms with Crippen LogP contribution in [0.25, 0.3) is 0 Å². The first-order chi connectivity index (χ1) is 14.8. The number of hydrogen-bond acceptors (Lipinski definition) is 6. The molecule has 0 aromatic heterocycles. The zero-order chi connectivity index (χ0) is 22.2. The maximum absolute atomic E-state index is 11.1. The van der Waals surface area contributed by atoms with E-state index in [9.17, 15) is 5.11 Å². The quantitative estimate of drug-likeness (QED) is 0.784. The Labute approximate surface area is 184 Å². The van der Waals surface area contributed by atoms with E-state index >= 15 is 0 Å². The summed E-state index contributed by atoms with van der Waals surface area (Å²) >= 11 is 0. The average Bonchev–Trinajstić information content (AvgIpc) is 2.74. The Bertz CT molecular complexity index is 817. The highest BCUT2D eigenvalue weighted by atomic mass is 16.8. The van der Waals surface area contributed by atoms with E-state index in [4.69, 9.17) is 23.7 Å². The molecule has 2 heterocycles. The van der Waals surface area contributed by atoms with E-state index in [2.05, 4.69) is 62.4 Å². The van der Waals surface area contributed by atoms with E-state index in [-0.39, 0.29) is 6.10 Å². The predicted octanol–water partition coefficient (Wildman–Crippen LogP) is 3.66. The van der Waals surface area contributed by atoms with Crippen molar-refractivity contribution in [3.8, 4) is 0 Å². The molecule has 1 N–H and O–H groups in total. The fourth-order valence-corrected chi connectivity index (χ4v) is 4.15. The molecule has 0 bridgehead atoms. The van der Waals surface area contributed by atoms with E-state index in [1.807, 2.05) is 13.8 Å². The van der Waals surface area contributed by atoms with E-state index < -0.39 is 36.5 Å². The fraction of sp³-hybridized carbons (Fsp3) is 0.520. The summed E-state index contributed by atoms with van der Waals surface area (Å²) in [5.41, 5.74) is 4.35. The van der Waals surface area contributed by atoms with Gasteiger partial charge >= 0.3 is 0 Å². The Balaban J connectivity index is 1.70. The summed E-state index contributed by atoms with van der Waals surface area (Å²) in [6.07, 6.45) is -3.78. The molecule has 0 radical (unpaired) electrons. The first-order valence-corrected chi connectivity index (χ1v) is 10.7. The molecule has 2 aromatic carbocycles. The van der Waals surface area contributed by atoms with Gasteiger partial charge in [-0.1, -0.05) is 59.7 Å². The molecular formula is C25H32O6. The summed E-state index contributed by atoms with van der Waals surface area (Å²) in [5.74, 6) is -0.797. The molecule has 6 heteroatoms. The molecule has 5 atom stereocenters.